The zero-order chi connectivity index (χ0) is 21.3. The molecule has 0 aliphatic carbocycles. The number of alkyl halides is 3. The van der Waals surface area contributed by atoms with Crippen molar-refractivity contribution in [3.05, 3.63) is 76.9 Å². The summed E-state index contributed by atoms with van der Waals surface area (Å²) in [6, 6.07) is 11.9. The van der Waals surface area contributed by atoms with Crippen LogP contribution in [0.25, 0.3) is 21.5 Å². The van der Waals surface area contributed by atoms with Gasteiger partial charge in [-0.1, -0.05) is 30.3 Å². The van der Waals surface area contributed by atoms with Gasteiger partial charge in [0.15, 0.2) is 0 Å². The Morgan fingerprint density at radius 3 is 2.57 bits per heavy atom. The number of amides is 2. The number of halogens is 3. The molecule has 2 heterocycles. The van der Waals surface area contributed by atoms with Gasteiger partial charge in [0, 0.05) is 28.0 Å². The van der Waals surface area contributed by atoms with Crippen LogP contribution in [0.4, 0.5) is 13.2 Å². The zero-order valence-electron chi connectivity index (χ0n) is 15.1. The van der Waals surface area contributed by atoms with E-state index in [1.807, 2.05) is 12.1 Å². The predicted octanol–water partition coefficient (Wildman–Crippen LogP) is 4.39. The van der Waals surface area contributed by atoms with Gasteiger partial charge >= 0.3 is 6.18 Å². The van der Waals surface area contributed by atoms with Crippen LogP contribution in [0.2, 0.25) is 0 Å². The number of rotatable bonds is 3. The Balaban J connectivity index is 1.45. The number of thiazole rings is 1. The average molecular weight is 430 g/mol. The highest BCUT2D eigenvalue weighted by atomic mass is 32.1. The van der Waals surface area contributed by atoms with E-state index in [0.29, 0.717) is 10.9 Å². The van der Waals surface area contributed by atoms with Crippen molar-refractivity contribution in [2.45, 2.75) is 6.18 Å². The van der Waals surface area contributed by atoms with Gasteiger partial charge in [-0.3, -0.25) is 20.4 Å². The van der Waals surface area contributed by atoms with E-state index in [0.717, 1.165) is 29.0 Å². The van der Waals surface area contributed by atoms with Crippen LogP contribution < -0.4 is 10.9 Å². The summed E-state index contributed by atoms with van der Waals surface area (Å²) in [6.07, 6.45) is -2.94. The lowest BCUT2D eigenvalue weighted by Crippen LogP contribution is -2.41. The fourth-order valence-electron chi connectivity index (χ4n) is 2.84. The molecule has 0 aliphatic heterocycles. The molecule has 0 saturated heterocycles. The number of para-hydroxylation sites is 1. The van der Waals surface area contributed by atoms with Gasteiger partial charge in [0.2, 0.25) is 0 Å². The highest BCUT2D eigenvalue weighted by Gasteiger charge is 2.30. The van der Waals surface area contributed by atoms with Crippen LogP contribution in [-0.2, 0) is 6.18 Å². The molecular formula is C20H13F3N4O2S. The number of carbonyl (C=O) groups is 2. The lowest BCUT2D eigenvalue weighted by atomic mass is 10.1. The Morgan fingerprint density at radius 2 is 1.77 bits per heavy atom. The van der Waals surface area contributed by atoms with Gasteiger partial charge in [-0.15, -0.1) is 11.3 Å². The highest BCUT2D eigenvalue weighted by Crippen LogP contribution is 2.33. The van der Waals surface area contributed by atoms with Crippen molar-refractivity contribution in [3.8, 4) is 10.6 Å². The van der Waals surface area contributed by atoms with Gasteiger partial charge < -0.3 is 4.98 Å². The molecule has 2 aromatic carbocycles. The largest absolute Gasteiger partial charge is 0.416 e. The second-order valence-electron chi connectivity index (χ2n) is 6.27. The van der Waals surface area contributed by atoms with Gasteiger partial charge in [-0.25, -0.2) is 4.98 Å². The summed E-state index contributed by atoms with van der Waals surface area (Å²) in [5, 5.41) is 2.36. The average Bonchev–Trinajstić information content (AvgIpc) is 3.39. The van der Waals surface area contributed by atoms with Gasteiger partial charge in [0.1, 0.15) is 10.7 Å². The summed E-state index contributed by atoms with van der Waals surface area (Å²) in [5.41, 5.74) is 5.13. The Hall–Kier alpha value is -3.66. The predicted molar refractivity (Wildman–Crippen MR) is 106 cm³/mol. The van der Waals surface area contributed by atoms with Crippen LogP contribution in [0, 0.1) is 0 Å². The summed E-state index contributed by atoms with van der Waals surface area (Å²) in [6.45, 7) is 0. The van der Waals surface area contributed by atoms with E-state index in [1.165, 1.54) is 23.7 Å². The first kappa shape index (κ1) is 19.6. The first-order chi connectivity index (χ1) is 14.3. The van der Waals surface area contributed by atoms with Crippen molar-refractivity contribution < 1.29 is 22.8 Å². The minimum absolute atomic E-state index is 0.0216. The molecular weight excluding hydrogens is 417 g/mol. The first-order valence-corrected chi connectivity index (χ1v) is 9.51. The Morgan fingerprint density at radius 1 is 1.00 bits per heavy atom. The molecule has 0 atom stereocenters. The molecule has 0 aliphatic rings. The van der Waals surface area contributed by atoms with E-state index in [4.69, 9.17) is 0 Å². The molecule has 30 heavy (non-hydrogen) atoms. The van der Waals surface area contributed by atoms with E-state index in [9.17, 15) is 22.8 Å². The number of nitrogens with zero attached hydrogens (tertiary/aromatic N) is 1. The van der Waals surface area contributed by atoms with Crippen LogP contribution in [0.15, 0.2) is 60.1 Å². The Labute approximate surface area is 171 Å². The summed E-state index contributed by atoms with van der Waals surface area (Å²) < 4.78 is 38.7. The van der Waals surface area contributed by atoms with E-state index >= 15 is 0 Å². The topological polar surface area (TPSA) is 86.9 Å². The normalized spacial score (nSPS) is 11.4. The van der Waals surface area contributed by atoms with Crippen LogP contribution in [0.1, 0.15) is 26.4 Å². The number of H-pyrrole nitrogens is 1. The number of carbonyl (C=O) groups excluding carboxylic acids is 2. The van der Waals surface area contributed by atoms with Crippen LogP contribution in [0.3, 0.4) is 0 Å². The summed E-state index contributed by atoms with van der Waals surface area (Å²) >= 11 is 1.03. The Kier molecular flexibility index (Phi) is 5.00. The maximum absolute atomic E-state index is 12.9. The molecule has 152 valence electrons. The molecule has 0 bridgehead atoms. The van der Waals surface area contributed by atoms with Crippen molar-refractivity contribution in [1.29, 1.82) is 0 Å². The zero-order valence-corrected chi connectivity index (χ0v) is 15.9. The van der Waals surface area contributed by atoms with Gasteiger partial charge in [-0.2, -0.15) is 13.2 Å². The number of fused-ring (bicyclic) bond motifs is 1. The quantitative estimate of drug-likeness (QED) is 0.422. The summed E-state index contributed by atoms with van der Waals surface area (Å²) in [4.78, 5) is 31.7. The van der Waals surface area contributed by atoms with Crippen molar-refractivity contribution >= 4 is 34.1 Å². The SMILES string of the molecule is O=C(NNC(=O)c1c[nH]c2ccccc12)c1csc(-c2cccc(C(F)(F)F)c2)n1. The number of hydrogen-bond donors (Lipinski definition) is 3. The third-order valence-electron chi connectivity index (χ3n) is 4.30. The molecule has 4 aromatic rings. The molecule has 3 N–H and O–H groups in total. The fourth-order valence-corrected chi connectivity index (χ4v) is 3.64. The lowest BCUT2D eigenvalue weighted by Gasteiger charge is -2.07. The Bertz CT molecular complexity index is 1250. The second kappa shape index (κ2) is 7.64. The number of benzene rings is 2. The molecule has 4 rings (SSSR count). The molecule has 2 aromatic heterocycles. The lowest BCUT2D eigenvalue weighted by molar-refractivity contribution is -0.137. The molecule has 2 amide bonds. The van der Waals surface area contributed by atoms with Gasteiger partial charge in [0.05, 0.1) is 11.1 Å². The van der Waals surface area contributed by atoms with Gasteiger partial charge in [0.25, 0.3) is 11.8 Å². The fraction of sp³-hybridized carbons (Fsp3) is 0.0500. The van der Waals surface area contributed by atoms with Crippen molar-refractivity contribution in [3.63, 3.8) is 0 Å². The molecule has 0 spiro atoms. The molecule has 0 unspecified atom stereocenters. The molecule has 0 radical (unpaired) electrons. The molecule has 6 nitrogen and oxygen atoms in total. The van der Waals surface area contributed by atoms with E-state index in [1.54, 1.807) is 12.1 Å². The number of nitrogens with one attached hydrogen (secondary N) is 3. The summed E-state index contributed by atoms with van der Waals surface area (Å²) in [7, 11) is 0. The van der Waals surface area contributed by atoms with Crippen LogP contribution in [-0.4, -0.2) is 21.8 Å². The number of hydrazine groups is 1. The number of hydrogen-bond acceptors (Lipinski definition) is 4. The van der Waals surface area contributed by atoms with Crippen LogP contribution >= 0.6 is 11.3 Å². The molecule has 0 saturated carbocycles. The monoisotopic (exact) mass is 430 g/mol. The van der Waals surface area contributed by atoms with E-state index in [2.05, 4.69) is 20.8 Å². The van der Waals surface area contributed by atoms with Gasteiger partial charge in [-0.05, 0) is 18.2 Å². The maximum atomic E-state index is 12.9. The van der Waals surface area contributed by atoms with E-state index in [-0.39, 0.29) is 16.3 Å². The smallest absolute Gasteiger partial charge is 0.360 e. The second-order valence-corrected chi connectivity index (χ2v) is 7.13. The third kappa shape index (κ3) is 3.90. The number of aromatic nitrogens is 2. The van der Waals surface area contributed by atoms with E-state index < -0.39 is 23.6 Å². The van der Waals surface area contributed by atoms with Crippen LogP contribution in [0.5, 0.6) is 0 Å². The van der Waals surface area contributed by atoms with Crippen molar-refractivity contribution in [2.24, 2.45) is 0 Å². The standard InChI is InChI=1S/C20H13F3N4O2S/c21-20(22,23)12-5-3-4-11(8-12)19-25-16(10-30-19)18(29)27-26-17(28)14-9-24-15-7-2-1-6-13(14)15/h1-10,24H,(H,26,28)(H,27,29). The summed E-state index contributed by atoms with van der Waals surface area (Å²) in [5.74, 6) is -1.20. The highest BCUT2D eigenvalue weighted by molar-refractivity contribution is 7.13. The minimum Gasteiger partial charge on any atom is -0.360 e. The molecule has 0 fully saturated rings. The molecule has 10 heteroatoms. The van der Waals surface area contributed by atoms with Crippen molar-refractivity contribution in [1.82, 2.24) is 20.8 Å². The van der Waals surface area contributed by atoms with Crippen molar-refractivity contribution in [2.75, 3.05) is 0 Å². The number of aromatic amines is 1. The maximum Gasteiger partial charge on any atom is 0.416 e. The minimum atomic E-state index is -4.47. The first-order valence-electron chi connectivity index (χ1n) is 8.63. The third-order valence-corrected chi connectivity index (χ3v) is 5.19.